The number of nitriles is 1. The molecule has 0 aliphatic carbocycles. The Balaban J connectivity index is 1.83. The minimum absolute atomic E-state index is 0.123. The van der Waals surface area contributed by atoms with Gasteiger partial charge in [-0.1, -0.05) is 18.2 Å². The third-order valence-corrected chi connectivity index (χ3v) is 4.91. The number of aromatic nitrogens is 2. The van der Waals surface area contributed by atoms with Crippen LogP contribution < -0.4 is 5.43 Å². The molecule has 122 valence electrons. The Morgan fingerprint density at radius 2 is 2.12 bits per heavy atom. The summed E-state index contributed by atoms with van der Waals surface area (Å²) in [5, 5.41) is 11.8. The Kier molecular flexibility index (Phi) is 3.71. The second kappa shape index (κ2) is 6.04. The zero-order valence-corrected chi connectivity index (χ0v) is 14.2. The molecule has 0 aliphatic rings. The van der Waals surface area contributed by atoms with Crippen molar-refractivity contribution >= 4 is 22.2 Å². The molecular weight excluding hydrogens is 334 g/mol. The maximum atomic E-state index is 12.3. The fourth-order valence-electron chi connectivity index (χ4n) is 2.80. The number of para-hydroxylation sites is 1. The highest BCUT2D eigenvalue weighted by Gasteiger charge is 2.15. The number of benzene rings is 1. The zero-order chi connectivity index (χ0) is 17.4. The van der Waals surface area contributed by atoms with Gasteiger partial charge >= 0.3 is 0 Å². The average molecular weight is 347 g/mol. The van der Waals surface area contributed by atoms with Gasteiger partial charge in [0, 0.05) is 11.6 Å². The van der Waals surface area contributed by atoms with Crippen molar-refractivity contribution < 1.29 is 4.42 Å². The largest absolute Gasteiger partial charge is 0.440 e. The van der Waals surface area contributed by atoms with Gasteiger partial charge in [-0.25, -0.2) is 4.98 Å². The second-order valence-electron chi connectivity index (χ2n) is 5.63. The molecule has 0 atom stereocenters. The monoisotopic (exact) mass is 347 g/mol. The topological polar surface area (TPSA) is 71.8 Å². The maximum Gasteiger partial charge on any atom is 0.236 e. The van der Waals surface area contributed by atoms with Crippen molar-refractivity contribution in [3.8, 4) is 16.8 Å². The molecule has 1 aromatic carbocycles. The van der Waals surface area contributed by atoms with E-state index < -0.39 is 0 Å². The number of thiophene rings is 1. The average Bonchev–Trinajstić information content (AvgIpc) is 3.28. The summed E-state index contributed by atoms with van der Waals surface area (Å²) in [5.74, 6) is 1.32. The summed E-state index contributed by atoms with van der Waals surface area (Å²) in [6.45, 7) is 2.30. The van der Waals surface area contributed by atoms with Crippen LogP contribution in [0.15, 0.2) is 57.2 Å². The highest BCUT2D eigenvalue weighted by atomic mass is 32.1. The molecule has 6 heteroatoms. The van der Waals surface area contributed by atoms with Crippen LogP contribution in [-0.4, -0.2) is 9.55 Å². The van der Waals surface area contributed by atoms with Gasteiger partial charge in [0.05, 0.1) is 16.9 Å². The molecule has 0 amide bonds. The zero-order valence-electron chi connectivity index (χ0n) is 13.4. The minimum Gasteiger partial charge on any atom is -0.440 e. The number of rotatable bonds is 3. The SMILES string of the molecule is Cc1oc(-c2cccs2)nc1Cn1cc(C#N)c(=O)c2ccccc21. The number of fused-ring (bicyclic) bond motifs is 1. The first-order chi connectivity index (χ1) is 12.2. The van der Waals surface area contributed by atoms with Crippen LogP contribution >= 0.6 is 11.3 Å². The Morgan fingerprint density at radius 1 is 1.28 bits per heavy atom. The van der Waals surface area contributed by atoms with E-state index in [0.29, 0.717) is 17.8 Å². The predicted octanol–water partition coefficient (Wildman–Crippen LogP) is 3.95. The van der Waals surface area contributed by atoms with Gasteiger partial charge in [-0.05, 0) is 30.5 Å². The number of nitrogens with zero attached hydrogens (tertiary/aromatic N) is 3. The Morgan fingerprint density at radius 3 is 2.88 bits per heavy atom. The molecule has 0 fully saturated rings. The van der Waals surface area contributed by atoms with Crippen LogP contribution in [0.5, 0.6) is 0 Å². The Bertz CT molecular complexity index is 1160. The predicted molar refractivity (Wildman–Crippen MR) is 96.6 cm³/mol. The molecule has 0 unspecified atom stereocenters. The molecule has 0 N–H and O–H groups in total. The number of pyridine rings is 1. The molecule has 0 saturated heterocycles. The van der Waals surface area contributed by atoms with Crippen LogP contribution in [0.1, 0.15) is 17.0 Å². The number of oxazole rings is 1. The van der Waals surface area contributed by atoms with Crippen LogP contribution in [0, 0.1) is 18.3 Å². The summed E-state index contributed by atoms with van der Waals surface area (Å²) in [6.07, 6.45) is 1.59. The van der Waals surface area contributed by atoms with E-state index in [0.717, 1.165) is 21.8 Å². The van der Waals surface area contributed by atoms with Crippen LogP contribution in [-0.2, 0) is 6.54 Å². The first kappa shape index (κ1) is 15.4. The molecule has 4 rings (SSSR count). The number of hydrogen-bond acceptors (Lipinski definition) is 5. The molecule has 0 spiro atoms. The second-order valence-corrected chi connectivity index (χ2v) is 6.58. The van der Waals surface area contributed by atoms with Crippen molar-refractivity contribution in [1.82, 2.24) is 9.55 Å². The van der Waals surface area contributed by atoms with Crippen molar-refractivity contribution in [2.24, 2.45) is 0 Å². The van der Waals surface area contributed by atoms with Crippen LogP contribution in [0.3, 0.4) is 0 Å². The Hall–Kier alpha value is -3.17. The lowest BCUT2D eigenvalue weighted by Gasteiger charge is -2.10. The molecular formula is C19H13N3O2S. The van der Waals surface area contributed by atoms with Gasteiger partial charge in [-0.3, -0.25) is 4.79 Å². The Labute approximate surface area is 147 Å². The van der Waals surface area contributed by atoms with Crippen LogP contribution in [0.4, 0.5) is 0 Å². The lowest BCUT2D eigenvalue weighted by molar-refractivity contribution is 0.539. The van der Waals surface area contributed by atoms with E-state index in [9.17, 15) is 10.1 Å². The molecule has 5 nitrogen and oxygen atoms in total. The third kappa shape index (κ3) is 2.65. The van der Waals surface area contributed by atoms with Gasteiger partial charge in [0.15, 0.2) is 0 Å². The standard InChI is InChI=1S/C19H13N3O2S/c1-12-15(21-19(24-12)17-7-4-8-25-17)11-22-10-13(9-20)18(23)14-5-2-3-6-16(14)22/h2-8,10H,11H2,1H3. The van der Waals surface area contributed by atoms with Crippen LogP contribution in [0.25, 0.3) is 21.7 Å². The van der Waals surface area contributed by atoms with Crippen molar-refractivity contribution in [2.75, 3.05) is 0 Å². The molecule has 0 radical (unpaired) electrons. The number of hydrogen-bond donors (Lipinski definition) is 0. The molecule has 4 aromatic rings. The van der Waals surface area contributed by atoms with E-state index in [1.54, 1.807) is 29.7 Å². The maximum absolute atomic E-state index is 12.3. The van der Waals surface area contributed by atoms with E-state index >= 15 is 0 Å². The molecule has 3 aromatic heterocycles. The summed E-state index contributed by atoms with van der Waals surface area (Å²) in [7, 11) is 0. The third-order valence-electron chi connectivity index (χ3n) is 4.05. The van der Waals surface area contributed by atoms with Crippen molar-refractivity contribution in [2.45, 2.75) is 13.5 Å². The summed E-state index contributed by atoms with van der Waals surface area (Å²) >= 11 is 1.57. The molecule has 0 aliphatic heterocycles. The first-order valence-corrected chi connectivity index (χ1v) is 8.58. The van der Waals surface area contributed by atoms with Gasteiger partial charge in [0.25, 0.3) is 0 Å². The van der Waals surface area contributed by atoms with E-state index in [1.807, 2.05) is 47.2 Å². The first-order valence-electron chi connectivity index (χ1n) is 7.70. The molecule has 0 bridgehead atoms. The normalized spacial score (nSPS) is 10.9. The summed E-state index contributed by atoms with van der Waals surface area (Å²) in [4.78, 5) is 17.9. The minimum atomic E-state index is -0.245. The lowest BCUT2D eigenvalue weighted by Crippen LogP contribution is -2.13. The number of aryl methyl sites for hydroxylation is 1. The van der Waals surface area contributed by atoms with Crippen LogP contribution in [0.2, 0.25) is 0 Å². The highest BCUT2D eigenvalue weighted by Crippen LogP contribution is 2.26. The molecule has 0 saturated carbocycles. The summed E-state index contributed by atoms with van der Waals surface area (Å²) in [6, 6.07) is 13.2. The van der Waals surface area contributed by atoms with Gasteiger partial charge in [-0.2, -0.15) is 5.26 Å². The summed E-state index contributed by atoms with van der Waals surface area (Å²) < 4.78 is 7.66. The van der Waals surface area contributed by atoms with E-state index in [2.05, 4.69) is 4.98 Å². The van der Waals surface area contributed by atoms with E-state index in [4.69, 9.17) is 4.42 Å². The quantitative estimate of drug-likeness (QED) is 0.562. The van der Waals surface area contributed by atoms with Gasteiger partial charge in [0.2, 0.25) is 11.3 Å². The van der Waals surface area contributed by atoms with Gasteiger partial charge < -0.3 is 8.98 Å². The fraction of sp³-hybridized carbons (Fsp3) is 0.105. The van der Waals surface area contributed by atoms with Gasteiger partial charge in [-0.15, -0.1) is 11.3 Å². The smallest absolute Gasteiger partial charge is 0.236 e. The molecule has 25 heavy (non-hydrogen) atoms. The fourth-order valence-corrected chi connectivity index (χ4v) is 3.45. The van der Waals surface area contributed by atoms with Crippen molar-refractivity contribution in [3.63, 3.8) is 0 Å². The van der Waals surface area contributed by atoms with E-state index in [-0.39, 0.29) is 11.0 Å². The van der Waals surface area contributed by atoms with Crippen molar-refractivity contribution in [1.29, 1.82) is 5.26 Å². The highest BCUT2D eigenvalue weighted by molar-refractivity contribution is 7.13. The summed E-state index contributed by atoms with van der Waals surface area (Å²) in [5.41, 5.74) is 1.43. The van der Waals surface area contributed by atoms with E-state index in [1.165, 1.54) is 0 Å². The van der Waals surface area contributed by atoms with Crippen molar-refractivity contribution in [3.05, 3.63) is 75.2 Å². The van der Waals surface area contributed by atoms with Gasteiger partial charge in [0.1, 0.15) is 23.1 Å². The molecule has 3 heterocycles. The lowest BCUT2D eigenvalue weighted by atomic mass is 10.1.